The highest BCUT2D eigenvalue weighted by molar-refractivity contribution is 6.17. The first-order chi connectivity index (χ1) is 7.43. The van der Waals surface area contributed by atoms with Gasteiger partial charge in [0.2, 0.25) is 0 Å². The molecule has 0 unspecified atom stereocenters. The van der Waals surface area contributed by atoms with Crippen LogP contribution in [-0.4, -0.2) is 0 Å². The fraction of sp³-hybridized carbons (Fsp3) is 0.0667. The second-order valence-electron chi connectivity index (χ2n) is 4.25. The summed E-state index contributed by atoms with van der Waals surface area (Å²) >= 11 is 0. The average molecular weight is 190 g/mol. The fourth-order valence-electron chi connectivity index (χ4n) is 2.68. The van der Waals surface area contributed by atoms with Gasteiger partial charge in [0, 0.05) is 0 Å². The number of allylic oxidation sites excluding steroid dienone is 2. The van der Waals surface area contributed by atoms with E-state index in [1.54, 1.807) is 0 Å². The van der Waals surface area contributed by atoms with Crippen molar-refractivity contribution in [3.8, 4) is 0 Å². The third kappa shape index (κ3) is 0.822. The van der Waals surface area contributed by atoms with Gasteiger partial charge in [0.05, 0.1) is 0 Å². The lowest BCUT2D eigenvalue weighted by molar-refractivity contribution is 1.25. The molecule has 0 N–H and O–H groups in total. The van der Waals surface area contributed by atoms with Crippen LogP contribution in [0.2, 0.25) is 0 Å². The number of fused-ring (bicyclic) bond motifs is 2. The number of hydrogen-bond donors (Lipinski definition) is 0. The second kappa shape index (κ2) is 2.40. The van der Waals surface area contributed by atoms with E-state index in [9.17, 15) is 0 Å². The fourth-order valence-corrected chi connectivity index (χ4v) is 2.68. The molecule has 0 heteroatoms. The van der Waals surface area contributed by atoms with Crippen molar-refractivity contribution >= 4 is 27.6 Å². The van der Waals surface area contributed by atoms with E-state index in [0.717, 1.165) is 6.42 Å². The molecule has 4 rings (SSSR count). The molecule has 0 aliphatic heterocycles. The molecule has 0 nitrogen and oxygen atoms in total. The first-order valence-electron chi connectivity index (χ1n) is 5.37. The van der Waals surface area contributed by atoms with Crippen LogP contribution in [0.3, 0.4) is 0 Å². The van der Waals surface area contributed by atoms with Gasteiger partial charge in [-0.1, -0.05) is 42.5 Å². The van der Waals surface area contributed by atoms with Gasteiger partial charge in [-0.25, -0.2) is 0 Å². The molecule has 0 saturated heterocycles. The number of hydrogen-bond acceptors (Lipinski definition) is 0. The van der Waals surface area contributed by atoms with Crippen LogP contribution in [0.5, 0.6) is 0 Å². The van der Waals surface area contributed by atoms with Crippen molar-refractivity contribution in [2.45, 2.75) is 6.42 Å². The molecular weight excluding hydrogens is 180 g/mol. The third-order valence-corrected chi connectivity index (χ3v) is 3.40. The summed E-state index contributed by atoms with van der Waals surface area (Å²) in [5.41, 5.74) is 1.47. The molecule has 0 spiro atoms. The predicted octanol–water partition coefficient (Wildman–Crippen LogP) is 3.04. The number of benzene rings is 2. The van der Waals surface area contributed by atoms with Crippen molar-refractivity contribution in [1.82, 2.24) is 0 Å². The van der Waals surface area contributed by atoms with Crippen molar-refractivity contribution in [2.75, 3.05) is 0 Å². The molecule has 0 radical (unpaired) electrons. The maximum Gasteiger partial charge on any atom is -0.00322 e. The molecule has 70 valence electrons. The van der Waals surface area contributed by atoms with E-state index in [-0.39, 0.29) is 0 Å². The molecule has 3 aromatic rings. The van der Waals surface area contributed by atoms with Crippen LogP contribution in [0.25, 0.3) is 27.6 Å². The minimum Gasteiger partial charge on any atom is -0.0801 e. The minimum atomic E-state index is 1.08. The van der Waals surface area contributed by atoms with Gasteiger partial charge in [-0.3, -0.25) is 0 Å². The van der Waals surface area contributed by atoms with Crippen molar-refractivity contribution in [3.63, 3.8) is 0 Å². The number of rotatable bonds is 0. The third-order valence-electron chi connectivity index (χ3n) is 3.40. The standard InChI is InChI=1S/C15H10/c1-2-6-13-10(4-1)8-12-9-11-5-3-7-14(13)15(11)12/h1-3,5-9H,4H2. The Morgan fingerprint density at radius 3 is 3.00 bits per heavy atom. The molecule has 0 fully saturated rings. The Hall–Kier alpha value is -1.82. The Bertz CT molecular complexity index is 732. The summed E-state index contributed by atoms with van der Waals surface area (Å²) < 4.78 is 0. The first kappa shape index (κ1) is 7.47. The van der Waals surface area contributed by atoms with E-state index >= 15 is 0 Å². The van der Waals surface area contributed by atoms with Gasteiger partial charge in [0.15, 0.2) is 0 Å². The van der Waals surface area contributed by atoms with E-state index in [0.29, 0.717) is 0 Å². The monoisotopic (exact) mass is 190 g/mol. The van der Waals surface area contributed by atoms with Gasteiger partial charge in [-0.2, -0.15) is 0 Å². The summed E-state index contributed by atoms with van der Waals surface area (Å²) in [4.78, 5) is 0. The van der Waals surface area contributed by atoms with Crippen LogP contribution in [0.4, 0.5) is 0 Å². The van der Waals surface area contributed by atoms with Gasteiger partial charge >= 0.3 is 0 Å². The summed E-state index contributed by atoms with van der Waals surface area (Å²) in [5, 5.41) is 7.12. The van der Waals surface area contributed by atoms with Crippen molar-refractivity contribution in [3.05, 3.63) is 53.3 Å². The molecule has 1 aliphatic carbocycles. The van der Waals surface area contributed by atoms with E-state index in [2.05, 4.69) is 48.6 Å². The van der Waals surface area contributed by atoms with Crippen LogP contribution in [0.1, 0.15) is 5.56 Å². The average Bonchev–Trinajstić information content (AvgIpc) is 2.27. The largest absolute Gasteiger partial charge is 0.0801 e. The van der Waals surface area contributed by atoms with Gasteiger partial charge in [0.1, 0.15) is 0 Å². The Balaban J connectivity index is 2.35. The quantitative estimate of drug-likeness (QED) is 0.511. The Morgan fingerprint density at radius 1 is 1.00 bits per heavy atom. The van der Waals surface area contributed by atoms with Gasteiger partial charge in [0.25, 0.3) is 0 Å². The molecule has 3 aromatic carbocycles. The zero-order valence-electron chi connectivity index (χ0n) is 8.33. The van der Waals surface area contributed by atoms with E-state index in [1.165, 1.54) is 32.3 Å². The molecule has 0 bridgehead atoms. The lowest BCUT2D eigenvalue weighted by Gasteiger charge is -2.14. The lowest BCUT2D eigenvalue weighted by Crippen LogP contribution is -2.12. The molecule has 15 heavy (non-hydrogen) atoms. The smallest absolute Gasteiger partial charge is 0.00322 e. The summed E-state index contributed by atoms with van der Waals surface area (Å²) in [6.07, 6.45) is 7.70. The van der Waals surface area contributed by atoms with Crippen LogP contribution in [-0.2, 0) is 6.42 Å². The molecule has 0 amide bonds. The normalized spacial score (nSPS) is 14.7. The highest BCUT2D eigenvalue weighted by Crippen LogP contribution is 2.31. The molecule has 0 aromatic heterocycles. The highest BCUT2D eigenvalue weighted by atomic mass is 14.1. The van der Waals surface area contributed by atoms with Gasteiger partial charge < -0.3 is 0 Å². The highest BCUT2D eigenvalue weighted by Gasteiger charge is 2.10. The minimum absolute atomic E-state index is 1.08. The first-order valence-corrected chi connectivity index (χ1v) is 5.37. The van der Waals surface area contributed by atoms with E-state index in [4.69, 9.17) is 0 Å². The molecule has 0 atom stereocenters. The summed E-state index contributed by atoms with van der Waals surface area (Å²) in [5.74, 6) is 0. The zero-order chi connectivity index (χ0) is 9.83. The van der Waals surface area contributed by atoms with Crippen molar-refractivity contribution in [1.29, 1.82) is 0 Å². The van der Waals surface area contributed by atoms with E-state index < -0.39 is 0 Å². The zero-order valence-corrected chi connectivity index (χ0v) is 8.33. The Kier molecular flexibility index (Phi) is 1.20. The maximum absolute atomic E-state index is 2.34. The molecule has 0 saturated carbocycles. The Labute approximate surface area is 87.8 Å². The SMILES string of the molecule is C1=CCc2cc3cc4cccc(c2=C1)c43. The van der Waals surface area contributed by atoms with Gasteiger partial charge in [-0.05, 0) is 44.8 Å². The van der Waals surface area contributed by atoms with Gasteiger partial charge in [-0.15, -0.1) is 0 Å². The van der Waals surface area contributed by atoms with Crippen LogP contribution in [0, 0.1) is 0 Å². The lowest BCUT2D eigenvalue weighted by atomic mass is 9.89. The summed E-state index contributed by atoms with van der Waals surface area (Å²) in [6, 6.07) is 11.2. The Morgan fingerprint density at radius 2 is 2.00 bits per heavy atom. The second-order valence-corrected chi connectivity index (χ2v) is 4.25. The van der Waals surface area contributed by atoms with E-state index in [1.807, 2.05) is 0 Å². The predicted molar refractivity (Wildman–Crippen MR) is 65.2 cm³/mol. The molecule has 1 aliphatic rings. The maximum atomic E-state index is 2.34. The van der Waals surface area contributed by atoms with Crippen LogP contribution >= 0.6 is 0 Å². The summed E-state index contributed by atoms with van der Waals surface area (Å²) in [7, 11) is 0. The molecular formula is C15H10. The van der Waals surface area contributed by atoms with Crippen LogP contribution in [0.15, 0.2) is 42.5 Å². The topological polar surface area (TPSA) is 0 Å². The molecule has 0 heterocycles. The summed E-state index contributed by atoms with van der Waals surface area (Å²) in [6.45, 7) is 0. The van der Waals surface area contributed by atoms with Crippen LogP contribution < -0.4 is 5.22 Å². The van der Waals surface area contributed by atoms with Crippen molar-refractivity contribution in [2.24, 2.45) is 0 Å². The van der Waals surface area contributed by atoms with Crippen molar-refractivity contribution < 1.29 is 0 Å².